The van der Waals surface area contributed by atoms with Gasteiger partial charge < -0.3 is 36.6 Å². The minimum atomic E-state index is -1.08. The molecule has 0 saturated carbocycles. The van der Waals surface area contributed by atoms with E-state index in [-0.39, 0.29) is 25.3 Å². The first-order valence-electron chi connectivity index (χ1n) is 15.3. The highest BCUT2D eigenvalue weighted by Crippen LogP contribution is 2.40. The van der Waals surface area contributed by atoms with Crippen molar-refractivity contribution >= 4 is 46.9 Å². The van der Waals surface area contributed by atoms with Crippen molar-refractivity contribution in [3.05, 3.63) is 54.1 Å². The van der Waals surface area contributed by atoms with Crippen LogP contribution < -0.4 is 31.5 Å². The van der Waals surface area contributed by atoms with E-state index in [1.54, 1.807) is 9.58 Å². The molecule has 0 bridgehead atoms. The molecule has 1 aliphatic rings. The monoisotopic (exact) mass is 675 g/mol. The predicted octanol–water partition coefficient (Wildman–Crippen LogP) is -1.69. The van der Waals surface area contributed by atoms with Gasteiger partial charge in [0.15, 0.2) is 5.78 Å². The number of aromatic nitrogens is 3. The summed E-state index contributed by atoms with van der Waals surface area (Å²) in [6.07, 6.45) is -0.325. The zero-order valence-electron chi connectivity index (χ0n) is 26.9. The number of fused-ring (bicyclic) bond motifs is 5. The van der Waals surface area contributed by atoms with Gasteiger partial charge in [-0.15, -0.1) is 5.10 Å². The van der Waals surface area contributed by atoms with Crippen LogP contribution in [0.2, 0.25) is 0 Å². The van der Waals surface area contributed by atoms with E-state index in [1.165, 1.54) is 6.92 Å². The summed E-state index contributed by atoms with van der Waals surface area (Å²) < 4.78 is 1.70. The van der Waals surface area contributed by atoms with Crippen LogP contribution in [0.4, 0.5) is 5.69 Å². The zero-order valence-corrected chi connectivity index (χ0v) is 26.9. The number of carbonyl (C=O) groups is 7. The Kier molecular flexibility index (Phi) is 12.3. The Morgan fingerprint density at radius 3 is 1.92 bits per heavy atom. The smallest absolute Gasteiger partial charge is 0.240 e. The van der Waals surface area contributed by atoms with Gasteiger partial charge in [-0.1, -0.05) is 47.7 Å². The van der Waals surface area contributed by atoms with Gasteiger partial charge in [0.05, 0.1) is 50.7 Å². The number of benzene rings is 2. The lowest BCUT2D eigenvalue weighted by Crippen LogP contribution is -2.48. The molecule has 0 unspecified atom stereocenters. The lowest BCUT2D eigenvalue weighted by Gasteiger charge is -2.28. The maximum atomic E-state index is 13.5. The number of nitrogens with one attached hydrogen (secondary N) is 5. The summed E-state index contributed by atoms with van der Waals surface area (Å²) in [5.41, 5.74) is 4.59. The molecule has 258 valence electrons. The van der Waals surface area contributed by atoms with Gasteiger partial charge in [0, 0.05) is 31.0 Å². The molecule has 4 rings (SSSR count). The Labute approximate surface area is 280 Å². The molecule has 0 saturated heterocycles. The highest BCUT2D eigenvalue weighted by Gasteiger charge is 2.28. The molecule has 0 spiro atoms. The van der Waals surface area contributed by atoms with Crippen LogP contribution in [0.3, 0.4) is 0 Å². The Morgan fingerprint density at radius 1 is 0.755 bits per heavy atom. The molecule has 2 aromatic carbocycles. The van der Waals surface area contributed by atoms with E-state index in [0.29, 0.717) is 11.4 Å². The Bertz CT molecular complexity index is 1760. The number of anilines is 1. The van der Waals surface area contributed by atoms with Crippen molar-refractivity contribution in [3.8, 4) is 22.5 Å². The van der Waals surface area contributed by atoms with Gasteiger partial charge in [0.25, 0.3) is 0 Å². The average Bonchev–Trinajstić information content (AvgIpc) is 3.47. The minimum absolute atomic E-state index is 0.137. The van der Waals surface area contributed by atoms with Gasteiger partial charge >= 0.3 is 0 Å². The number of aryl methyl sites for hydroxylation is 1. The van der Waals surface area contributed by atoms with E-state index in [4.69, 9.17) is 5.11 Å². The fraction of sp³-hybridized carbons (Fsp3) is 0.344. The summed E-state index contributed by atoms with van der Waals surface area (Å²) in [4.78, 5) is 86.8. The fourth-order valence-electron chi connectivity index (χ4n) is 4.98. The molecular formula is C32H37N9O8. The van der Waals surface area contributed by atoms with Crippen molar-refractivity contribution in [1.29, 1.82) is 0 Å². The highest BCUT2D eigenvalue weighted by molar-refractivity contribution is 6.01. The van der Waals surface area contributed by atoms with Crippen molar-refractivity contribution in [1.82, 2.24) is 41.6 Å². The van der Waals surface area contributed by atoms with Gasteiger partial charge in [-0.25, -0.2) is 4.68 Å². The summed E-state index contributed by atoms with van der Waals surface area (Å²) in [7, 11) is 1.81. The second-order valence-electron chi connectivity index (χ2n) is 11.1. The van der Waals surface area contributed by atoms with Crippen molar-refractivity contribution < 1.29 is 38.7 Å². The van der Waals surface area contributed by atoms with Gasteiger partial charge in [-0.05, 0) is 18.6 Å². The number of aliphatic hydroxyl groups is 1. The highest BCUT2D eigenvalue weighted by atomic mass is 16.3. The molecule has 0 aliphatic carbocycles. The first-order chi connectivity index (χ1) is 23.5. The molecule has 17 nitrogen and oxygen atoms in total. The quantitative estimate of drug-likeness (QED) is 0.113. The van der Waals surface area contributed by atoms with E-state index in [2.05, 4.69) is 36.9 Å². The predicted molar refractivity (Wildman–Crippen MR) is 174 cm³/mol. The maximum Gasteiger partial charge on any atom is 0.240 e. The number of aliphatic hydroxyl groups excluding tert-OH is 1. The minimum Gasteiger partial charge on any atom is -0.394 e. The number of rotatable bonds is 14. The van der Waals surface area contributed by atoms with Crippen LogP contribution in [-0.4, -0.2) is 100 Å². The van der Waals surface area contributed by atoms with E-state index < -0.39 is 74.1 Å². The van der Waals surface area contributed by atoms with Crippen molar-refractivity contribution in [3.63, 3.8) is 0 Å². The van der Waals surface area contributed by atoms with Crippen LogP contribution >= 0.6 is 0 Å². The molecule has 0 radical (unpaired) electrons. The lowest BCUT2D eigenvalue weighted by atomic mass is 9.95. The van der Waals surface area contributed by atoms with Crippen LogP contribution in [0.1, 0.15) is 25.3 Å². The molecule has 2 heterocycles. The SMILES string of the molecule is CC(=O)[C@H](CO)NC(=O)CNC(=O)CNC(=O)CNC(=O)CNC(=O)CCC(=O)N1Cc2ccccc2-c2c(nnn2C)-c2ccccc21. The molecule has 1 atom stereocenters. The number of hydrogen-bond acceptors (Lipinski definition) is 10. The molecule has 49 heavy (non-hydrogen) atoms. The standard InChI is InChI=1S/C32H37N9O8/c1-19(43)23(18-42)37-29(48)16-36-28(47)15-35-27(46)14-34-26(45)13-33-25(44)11-12-30(49)41-17-20-7-3-4-8-21(20)32-31(38-39-40(32)2)22-9-5-6-10-24(22)41/h3-10,23,42H,11-18H2,1-2H3,(H,33,44)(H,34,45)(H,35,46)(H,36,47)(H,37,48)/t23-/m0/s1. The summed E-state index contributed by atoms with van der Waals surface area (Å²) in [6.45, 7) is -1.04. The summed E-state index contributed by atoms with van der Waals surface area (Å²) in [5.74, 6) is -4.09. The third-order valence-corrected chi connectivity index (χ3v) is 7.54. The van der Waals surface area contributed by atoms with E-state index >= 15 is 0 Å². The van der Waals surface area contributed by atoms with Gasteiger partial charge in [0.1, 0.15) is 11.7 Å². The largest absolute Gasteiger partial charge is 0.394 e. The summed E-state index contributed by atoms with van der Waals surface area (Å²) in [6, 6.07) is 13.9. The third-order valence-electron chi connectivity index (χ3n) is 7.54. The average molecular weight is 676 g/mol. The normalized spacial score (nSPS) is 12.1. The molecule has 3 aromatic rings. The van der Waals surface area contributed by atoms with Crippen molar-refractivity contribution in [2.75, 3.05) is 37.7 Å². The molecule has 17 heteroatoms. The number of para-hydroxylation sites is 1. The third kappa shape index (κ3) is 9.54. The van der Waals surface area contributed by atoms with Crippen LogP contribution in [0, 0.1) is 0 Å². The van der Waals surface area contributed by atoms with Crippen LogP contribution in [0.15, 0.2) is 48.5 Å². The van der Waals surface area contributed by atoms with E-state index in [9.17, 15) is 33.6 Å². The van der Waals surface area contributed by atoms with Crippen LogP contribution in [0.25, 0.3) is 22.5 Å². The Morgan fingerprint density at radius 2 is 1.31 bits per heavy atom. The molecule has 6 N–H and O–H groups in total. The Hall–Kier alpha value is -5.97. The second-order valence-corrected chi connectivity index (χ2v) is 11.1. The van der Waals surface area contributed by atoms with Crippen LogP contribution in [-0.2, 0) is 47.2 Å². The number of hydrogen-bond donors (Lipinski definition) is 6. The number of Topliss-reactive ketones (excluding diaryl/α,β-unsaturated/α-hetero) is 1. The number of nitrogens with zero attached hydrogens (tertiary/aromatic N) is 4. The van der Waals surface area contributed by atoms with E-state index in [0.717, 1.165) is 22.4 Å². The van der Waals surface area contributed by atoms with Gasteiger partial charge in [-0.3, -0.25) is 33.6 Å². The van der Waals surface area contributed by atoms with Crippen LogP contribution in [0.5, 0.6) is 0 Å². The van der Waals surface area contributed by atoms with E-state index in [1.807, 2.05) is 55.6 Å². The fourth-order valence-corrected chi connectivity index (χ4v) is 4.98. The van der Waals surface area contributed by atoms with Gasteiger partial charge in [-0.2, -0.15) is 0 Å². The molecule has 1 aromatic heterocycles. The zero-order chi connectivity index (χ0) is 35.5. The van der Waals surface area contributed by atoms with Crippen molar-refractivity contribution in [2.45, 2.75) is 32.4 Å². The molecule has 6 amide bonds. The Balaban J connectivity index is 1.20. The van der Waals surface area contributed by atoms with Crippen molar-refractivity contribution in [2.24, 2.45) is 7.05 Å². The molecule has 1 aliphatic heterocycles. The number of ketones is 1. The topological polar surface area (TPSA) is 234 Å². The molecule has 0 fully saturated rings. The molecular weight excluding hydrogens is 638 g/mol. The first kappa shape index (κ1) is 35.9. The number of amides is 6. The lowest BCUT2D eigenvalue weighted by molar-refractivity contribution is -0.130. The van der Waals surface area contributed by atoms with Gasteiger partial charge in [0.2, 0.25) is 35.4 Å². The maximum absolute atomic E-state index is 13.5. The first-order valence-corrected chi connectivity index (χ1v) is 15.3. The number of carbonyl (C=O) groups excluding carboxylic acids is 7. The summed E-state index contributed by atoms with van der Waals surface area (Å²) in [5, 5.41) is 29.1. The second kappa shape index (κ2) is 16.7. The summed E-state index contributed by atoms with van der Waals surface area (Å²) >= 11 is 0.